The Labute approximate surface area is 122 Å². The highest BCUT2D eigenvalue weighted by Crippen LogP contribution is 2.20. The van der Waals surface area contributed by atoms with Crippen molar-refractivity contribution in [3.05, 3.63) is 46.2 Å². The Morgan fingerprint density at radius 2 is 2.20 bits per heavy atom. The normalized spacial score (nSPS) is 14.2. The number of aromatic amines is 1. The number of aromatic nitrogens is 1. The molecule has 1 saturated carbocycles. The highest BCUT2D eigenvalue weighted by molar-refractivity contribution is 7.80. The fraction of sp³-hybridized carbons (Fsp3) is 0.333. The number of nitrogens with one attached hydrogen (secondary N) is 2. The summed E-state index contributed by atoms with van der Waals surface area (Å²) in [6.07, 6.45) is 2.39. The van der Waals surface area contributed by atoms with Crippen molar-refractivity contribution in [2.24, 2.45) is 0 Å². The fourth-order valence-corrected chi connectivity index (χ4v) is 2.48. The van der Waals surface area contributed by atoms with E-state index in [0.717, 1.165) is 21.6 Å². The third kappa shape index (κ3) is 2.82. The minimum Gasteiger partial charge on any atom is -0.360 e. The van der Waals surface area contributed by atoms with Gasteiger partial charge in [0, 0.05) is 36.6 Å². The molecule has 4 nitrogen and oxygen atoms in total. The molecule has 20 heavy (non-hydrogen) atoms. The first-order valence-corrected chi connectivity index (χ1v) is 7.17. The van der Waals surface area contributed by atoms with Gasteiger partial charge in [0.25, 0.3) is 0 Å². The summed E-state index contributed by atoms with van der Waals surface area (Å²) < 4.78 is 0. The van der Waals surface area contributed by atoms with E-state index >= 15 is 0 Å². The molecule has 1 aromatic heterocycles. The van der Waals surface area contributed by atoms with Gasteiger partial charge in [-0.3, -0.25) is 4.79 Å². The van der Waals surface area contributed by atoms with Crippen LogP contribution in [0.4, 0.5) is 0 Å². The highest BCUT2D eigenvalue weighted by atomic mass is 32.1. The number of nitrogens with zero attached hydrogens (tertiary/aromatic N) is 1. The monoisotopic (exact) mass is 287 g/mol. The van der Waals surface area contributed by atoms with E-state index < -0.39 is 0 Å². The average Bonchev–Trinajstić information content (AvgIpc) is 3.22. The molecule has 0 radical (unpaired) electrons. The molecule has 1 aromatic carbocycles. The summed E-state index contributed by atoms with van der Waals surface area (Å²) in [5.41, 5.74) is 1.78. The van der Waals surface area contributed by atoms with Crippen molar-refractivity contribution in [3.8, 4) is 0 Å². The van der Waals surface area contributed by atoms with E-state index in [-0.39, 0.29) is 5.56 Å². The van der Waals surface area contributed by atoms with Crippen LogP contribution in [0, 0.1) is 0 Å². The lowest BCUT2D eigenvalue weighted by Gasteiger charge is -2.21. The van der Waals surface area contributed by atoms with E-state index in [0.29, 0.717) is 12.6 Å². The van der Waals surface area contributed by atoms with Gasteiger partial charge in [-0.1, -0.05) is 18.2 Å². The predicted molar refractivity (Wildman–Crippen MR) is 84.8 cm³/mol. The zero-order valence-electron chi connectivity index (χ0n) is 11.3. The zero-order chi connectivity index (χ0) is 14.1. The Morgan fingerprint density at radius 1 is 1.45 bits per heavy atom. The van der Waals surface area contributed by atoms with Crippen LogP contribution < -0.4 is 10.9 Å². The molecule has 5 heteroatoms. The fourth-order valence-electron chi connectivity index (χ4n) is 2.25. The van der Waals surface area contributed by atoms with Crippen LogP contribution in [-0.2, 0) is 6.54 Å². The zero-order valence-corrected chi connectivity index (χ0v) is 12.2. The Balaban J connectivity index is 1.85. The lowest BCUT2D eigenvalue weighted by atomic mass is 10.1. The van der Waals surface area contributed by atoms with E-state index in [1.54, 1.807) is 6.07 Å². The standard InChI is InChI=1S/C15H17N3OS/c1-18(15(20)16-11-6-7-11)9-10-8-14(19)17-13-5-3-2-4-12(10)13/h2-5,8,11H,6-7,9H2,1H3,(H,16,20)(H,17,19). The highest BCUT2D eigenvalue weighted by Gasteiger charge is 2.23. The van der Waals surface area contributed by atoms with Crippen molar-refractivity contribution in [1.82, 2.24) is 15.2 Å². The molecular weight excluding hydrogens is 270 g/mol. The molecule has 0 atom stereocenters. The first kappa shape index (κ1) is 13.1. The van der Waals surface area contributed by atoms with Gasteiger partial charge in [-0.25, -0.2) is 0 Å². The summed E-state index contributed by atoms with van der Waals surface area (Å²) in [7, 11) is 1.95. The Bertz CT molecular complexity index is 706. The summed E-state index contributed by atoms with van der Waals surface area (Å²) >= 11 is 5.38. The Kier molecular flexibility index (Phi) is 3.44. The van der Waals surface area contributed by atoms with Gasteiger partial charge in [0.1, 0.15) is 0 Å². The lowest BCUT2D eigenvalue weighted by molar-refractivity contribution is 0.490. The molecule has 0 aliphatic heterocycles. The van der Waals surface area contributed by atoms with Gasteiger partial charge < -0.3 is 15.2 Å². The van der Waals surface area contributed by atoms with Gasteiger partial charge in [-0.15, -0.1) is 0 Å². The van der Waals surface area contributed by atoms with Gasteiger partial charge in [0.2, 0.25) is 5.56 Å². The average molecular weight is 287 g/mol. The van der Waals surface area contributed by atoms with E-state index in [2.05, 4.69) is 10.3 Å². The smallest absolute Gasteiger partial charge is 0.248 e. The molecule has 1 fully saturated rings. The molecule has 2 N–H and O–H groups in total. The molecule has 104 valence electrons. The number of para-hydroxylation sites is 1. The van der Waals surface area contributed by atoms with E-state index in [1.165, 1.54) is 12.8 Å². The van der Waals surface area contributed by atoms with Crippen LogP contribution in [0.1, 0.15) is 18.4 Å². The van der Waals surface area contributed by atoms with Crippen molar-refractivity contribution in [2.45, 2.75) is 25.4 Å². The van der Waals surface area contributed by atoms with Crippen molar-refractivity contribution in [2.75, 3.05) is 7.05 Å². The van der Waals surface area contributed by atoms with Crippen molar-refractivity contribution >= 4 is 28.2 Å². The van der Waals surface area contributed by atoms with Gasteiger partial charge in [0.15, 0.2) is 5.11 Å². The van der Waals surface area contributed by atoms with Crippen LogP contribution in [0.5, 0.6) is 0 Å². The maximum absolute atomic E-state index is 11.7. The van der Waals surface area contributed by atoms with Crippen LogP contribution in [-0.4, -0.2) is 28.1 Å². The first-order valence-electron chi connectivity index (χ1n) is 6.76. The molecule has 0 amide bonds. The Hall–Kier alpha value is -1.88. The SMILES string of the molecule is CN(Cc1cc(=O)[nH]c2ccccc12)C(=S)NC1CC1. The molecular formula is C15H17N3OS. The molecule has 0 saturated heterocycles. The second-order valence-corrected chi connectivity index (χ2v) is 5.67. The largest absolute Gasteiger partial charge is 0.360 e. The molecule has 3 rings (SSSR count). The number of benzene rings is 1. The molecule has 1 heterocycles. The molecule has 0 unspecified atom stereocenters. The number of thiocarbonyl (C=S) groups is 1. The maximum atomic E-state index is 11.7. The summed E-state index contributed by atoms with van der Waals surface area (Å²) in [5, 5.41) is 5.12. The van der Waals surface area contributed by atoms with Gasteiger partial charge in [0.05, 0.1) is 0 Å². The first-order chi connectivity index (χ1) is 9.63. The van der Waals surface area contributed by atoms with E-state index in [9.17, 15) is 4.79 Å². The molecule has 0 spiro atoms. The van der Waals surface area contributed by atoms with E-state index in [1.807, 2.05) is 36.2 Å². The van der Waals surface area contributed by atoms with Gasteiger partial charge in [-0.2, -0.15) is 0 Å². The third-order valence-corrected chi connectivity index (χ3v) is 3.92. The van der Waals surface area contributed by atoms with Crippen LogP contribution >= 0.6 is 12.2 Å². The molecule has 1 aliphatic rings. The number of H-pyrrole nitrogens is 1. The van der Waals surface area contributed by atoms with Crippen molar-refractivity contribution in [1.29, 1.82) is 0 Å². The summed E-state index contributed by atoms with van der Waals surface area (Å²) in [6.45, 7) is 0.628. The number of rotatable bonds is 3. The second-order valence-electron chi connectivity index (χ2n) is 5.28. The van der Waals surface area contributed by atoms with Crippen molar-refractivity contribution in [3.63, 3.8) is 0 Å². The number of pyridine rings is 1. The molecule has 2 aromatic rings. The summed E-state index contributed by atoms with van der Waals surface area (Å²) in [4.78, 5) is 16.6. The lowest BCUT2D eigenvalue weighted by Crippen LogP contribution is -2.37. The van der Waals surface area contributed by atoms with Crippen LogP contribution in [0.3, 0.4) is 0 Å². The summed E-state index contributed by atoms with van der Waals surface area (Å²) in [6, 6.07) is 10.0. The van der Waals surface area contributed by atoms with E-state index in [4.69, 9.17) is 12.2 Å². The topological polar surface area (TPSA) is 48.1 Å². The predicted octanol–water partition coefficient (Wildman–Crippen LogP) is 2.00. The molecule has 0 bridgehead atoms. The minimum absolute atomic E-state index is 0.0758. The number of fused-ring (bicyclic) bond motifs is 1. The van der Waals surface area contributed by atoms with Crippen LogP contribution in [0.25, 0.3) is 10.9 Å². The minimum atomic E-state index is -0.0758. The molecule has 1 aliphatic carbocycles. The summed E-state index contributed by atoms with van der Waals surface area (Å²) in [5.74, 6) is 0. The second kappa shape index (κ2) is 5.25. The van der Waals surface area contributed by atoms with Crippen LogP contribution in [0.2, 0.25) is 0 Å². The third-order valence-electron chi connectivity index (χ3n) is 3.50. The van der Waals surface area contributed by atoms with Crippen LogP contribution in [0.15, 0.2) is 35.1 Å². The number of hydrogen-bond donors (Lipinski definition) is 2. The Morgan fingerprint density at radius 3 is 2.95 bits per heavy atom. The van der Waals surface area contributed by atoms with Gasteiger partial charge in [-0.05, 0) is 36.7 Å². The van der Waals surface area contributed by atoms with Gasteiger partial charge >= 0.3 is 0 Å². The maximum Gasteiger partial charge on any atom is 0.248 e. The van der Waals surface area contributed by atoms with Crippen molar-refractivity contribution < 1.29 is 0 Å². The quantitative estimate of drug-likeness (QED) is 0.848. The number of hydrogen-bond acceptors (Lipinski definition) is 2.